The van der Waals surface area contributed by atoms with E-state index >= 15 is 0 Å². The molecule has 1 aliphatic rings. The Morgan fingerprint density at radius 1 is 1.28 bits per heavy atom. The van der Waals surface area contributed by atoms with Crippen LogP contribution in [0.3, 0.4) is 0 Å². The van der Waals surface area contributed by atoms with Crippen LogP contribution in [0, 0.1) is 11.3 Å². The molecule has 0 radical (unpaired) electrons. The van der Waals surface area contributed by atoms with Crippen molar-refractivity contribution in [3.8, 4) is 17.7 Å². The number of benzene rings is 1. The van der Waals surface area contributed by atoms with Crippen molar-refractivity contribution >= 4 is 21.8 Å². The quantitative estimate of drug-likeness (QED) is 0.704. The van der Waals surface area contributed by atoms with E-state index in [-0.39, 0.29) is 28.9 Å². The molecule has 0 unspecified atom stereocenters. The van der Waals surface area contributed by atoms with Crippen LogP contribution in [0.15, 0.2) is 41.0 Å². The fraction of sp³-hybridized carbons (Fsp3) is 0.409. The van der Waals surface area contributed by atoms with Crippen LogP contribution >= 0.6 is 15.9 Å². The molecule has 1 aromatic heterocycles. The van der Waals surface area contributed by atoms with E-state index in [1.807, 2.05) is 0 Å². The summed E-state index contributed by atoms with van der Waals surface area (Å²) < 4.78 is 6.37. The lowest BCUT2D eigenvalue weighted by Gasteiger charge is -2.46. The van der Waals surface area contributed by atoms with E-state index in [0.29, 0.717) is 21.3 Å². The highest BCUT2D eigenvalue weighted by Crippen LogP contribution is 2.32. The molecule has 6 nitrogen and oxygen atoms in total. The first-order valence-electron chi connectivity index (χ1n) is 9.51. The summed E-state index contributed by atoms with van der Waals surface area (Å²) in [4.78, 5) is 16.9. The van der Waals surface area contributed by atoms with E-state index in [1.165, 1.54) is 0 Å². The summed E-state index contributed by atoms with van der Waals surface area (Å²) in [6.07, 6.45) is 3.29. The summed E-state index contributed by atoms with van der Waals surface area (Å²) in [6.45, 7) is 8.62. The third-order valence-corrected chi connectivity index (χ3v) is 5.44. The van der Waals surface area contributed by atoms with Gasteiger partial charge in [-0.2, -0.15) is 5.26 Å². The van der Waals surface area contributed by atoms with Gasteiger partial charge in [-0.25, -0.2) is 4.98 Å². The molecule has 7 heteroatoms. The zero-order valence-corrected chi connectivity index (χ0v) is 18.6. The Kier molecular flexibility index (Phi) is 5.97. The van der Waals surface area contributed by atoms with E-state index in [4.69, 9.17) is 4.74 Å². The number of carbonyl (C=O) groups is 1. The van der Waals surface area contributed by atoms with Crippen molar-refractivity contribution in [3.05, 3.63) is 52.1 Å². The highest BCUT2D eigenvalue weighted by atomic mass is 79.9. The Bertz CT molecular complexity index is 950. The van der Waals surface area contributed by atoms with Crippen LogP contribution < -0.4 is 15.4 Å². The topological polar surface area (TPSA) is 87.0 Å². The highest BCUT2D eigenvalue weighted by Gasteiger charge is 2.38. The molecule has 3 rings (SSSR count). The first-order chi connectivity index (χ1) is 13.6. The van der Waals surface area contributed by atoms with Crippen molar-refractivity contribution in [2.24, 2.45) is 0 Å². The van der Waals surface area contributed by atoms with Gasteiger partial charge in [-0.1, -0.05) is 0 Å². The van der Waals surface area contributed by atoms with Gasteiger partial charge < -0.3 is 15.4 Å². The Labute approximate surface area is 179 Å². The second-order valence-electron chi connectivity index (χ2n) is 8.69. The van der Waals surface area contributed by atoms with Crippen LogP contribution in [-0.2, 0) is 0 Å². The van der Waals surface area contributed by atoms with Gasteiger partial charge >= 0.3 is 0 Å². The summed E-state index contributed by atoms with van der Waals surface area (Å²) >= 11 is 3.46. The zero-order valence-electron chi connectivity index (χ0n) is 17.0. The van der Waals surface area contributed by atoms with Crippen molar-refractivity contribution in [1.29, 1.82) is 5.26 Å². The molecule has 1 fully saturated rings. The average molecular weight is 457 g/mol. The summed E-state index contributed by atoms with van der Waals surface area (Å²) in [5, 5.41) is 16.0. The Morgan fingerprint density at radius 3 is 2.59 bits per heavy atom. The second kappa shape index (κ2) is 8.13. The normalized spacial score (nSPS) is 17.9. The minimum atomic E-state index is -0.119. The molecule has 1 amide bonds. The molecular formula is C22H25BrN4O2. The maximum absolute atomic E-state index is 12.8. The SMILES string of the molecule is CC1(C)CC(NC(=O)c2ccc(Oc3ncccc3C#N)c(Br)c2)CC(C)(C)N1. The number of carbonyl (C=O) groups excluding carboxylic acids is 1. The zero-order chi connectivity index (χ0) is 21.2. The molecule has 0 bridgehead atoms. The van der Waals surface area contributed by atoms with Crippen LogP contribution in [-0.4, -0.2) is 28.0 Å². The maximum atomic E-state index is 12.8. The molecule has 2 aromatic rings. The smallest absolute Gasteiger partial charge is 0.251 e. The molecule has 0 spiro atoms. The molecule has 29 heavy (non-hydrogen) atoms. The number of nitrogens with zero attached hydrogens (tertiary/aromatic N) is 2. The predicted molar refractivity (Wildman–Crippen MR) is 115 cm³/mol. The van der Waals surface area contributed by atoms with Gasteiger partial charge in [0.05, 0.1) is 4.47 Å². The minimum Gasteiger partial charge on any atom is -0.436 e. The molecule has 1 aromatic carbocycles. The van der Waals surface area contributed by atoms with E-state index in [1.54, 1.807) is 36.5 Å². The molecule has 1 saturated heterocycles. The summed E-state index contributed by atoms with van der Waals surface area (Å²) in [7, 11) is 0. The second-order valence-corrected chi connectivity index (χ2v) is 9.54. The Morgan fingerprint density at radius 2 is 1.97 bits per heavy atom. The third kappa shape index (κ3) is 5.34. The van der Waals surface area contributed by atoms with Crippen molar-refractivity contribution < 1.29 is 9.53 Å². The lowest BCUT2D eigenvalue weighted by molar-refractivity contribution is 0.0873. The van der Waals surface area contributed by atoms with Crippen molar-refractivity contribution in [2.75, 3.05) is 0 Å². The third-order valence-electron chi connectivity index (χ3n) is 4.82. The summed E-state index contributed by atoms with van der Waals surface area (Å²) in [6, 6.07) is 10.6. The minimum absolute atomic E-state index is 0.0425. The monoisotopic (exact) mass is 456 g/mol. The van der Waals surface area contributed by atoms with Crippen LogP contribution in [0.2, 0.25) is 0 Å². The molecule has 152 valence electrons. The number of halogens is 1. The van der Waals surface area contributed by atoms with Crippen molar-refractivity contribution in [3.63, 3.8) is 0 Å². The number of ether oxygens (including phenoxy) is 1. The number of hydrogen-bond acceptors (Lipinski definition) is 5. The van der Waals surface area contributed by atoms with Gasteiger partial charge in [0.25, 0.3) is 5.91 Å². The lowest BCUT2D eigenvalue weighted by Crippen LogP contribution is -2.62. The number of nitriles is 1. The largest absolute Gasteiger partial charge is 0.436 e. The van der Waals surface area contributed by atoms with E-state index in [2.05, 4.69) is 65.3 Å². The highest BCUT2D eigenvalue weighted by molar-refractivity contribution is 9.10. The average Bonchev–Trinajstić information content (AvgIpc) is 2.61. The van der Waals surface area contributed by atoms with Crippen LogP contribution in [0.4, 0.5) is 0 Å². The molecule has 0 aliphatic carbocycles. The predicted octanol–water partition coefficient (Wildman–Crippen LogP) is 4.55. The summed E-state index contributed by atoms with van der Waals surface area (Å²) in [5.74, 6) is 0.597. The number of hydrogen-bond donors (Lipinski definition) is 2. The number of pyridine rings is 1. The number of amides is 1. The van der Waals surface area contributed by atoms with Crippen LogP contribution in [0.25, 0.3) is 0 Å². The number of piperidine rings is 1. The first-order valence-corrected chi connectivity index (χ1v) is 10.3. The van der Waals surface area contributed by atoms with Crippen LogP contribution in [0.1, 0.15) is 56.5 Å². The van der Waals surface area contributed by atoms with Gasteiger partial charge in [-0.15, -0.1) is 0 Å². The van der Waals surface area contributed by atoms with Crippen molar-refractivity contribution in [2.45, 2.75) is 57.7 Å². The molecule has 0 saturated carbocycles. The van der Waals surface area contributed by atoms with Gasteiger partial charge in [0, 0.05) is 28.9 Å². The van der Waals surface area contributed by atoms with Gasteiger partial charge in [-0.05, 0) is 86.8 Å². The van der Waals surface area contributed by atoms with Gasteiger partial charge in [0.2, 0.25) is 5.88 Å². The van der Waals surface area contributed by atoms with Crippen molar-refractivity contribution in [1.82, 2.24) is 15.6 Å². The standard InChI is InChI=1S/C22H25BrN4O2/c1-21(2)11-16(12-22(3,4)27-21)26-19(28)14-7-8-18(17(23)10-14)29-20-15(13-24)6-5-9-25-20/h5-10,16,27H,11-12H2,1-4H3,(H,26,28). The van der Waals surface area contributed by atoms with E-state index in [9.17, 15) is 10.1 Å². The number of nitrogens with one attached hydrogen (secondary N) is 2. The fourth-order valence-corrected chi connectivity index (χ4v) is 4.54. The lowest BCUT2D eigenvalue weighted by atomic mass is 9.79. The summed E-state index contributed by atoms with van der Waals surface area (Å²) in [5.41, 5.74) is 0.801. The fourth-order valence-electron chi connectivity index (χ4n) is 4.08. The number of rotatable bonds is 4. The first kappa shape index (κ1) is 21.3. The van der Waals surface area contributed by atoms with Gasteiger partial charge in [0.1, 0.15) is 17.4 Å². The molecule has 2 N–H and O–H groups in total. The van der Waals surface area contributed by atoms with E-state index < -0.39 is 0 Å². The van der Waals surface area contributed by atoms with Gasteiger partial charge in [-0.3, -0.25) is 4.79 Å². The Hall–Kier alpha value is -2.43. The molecule has 2 heterocycles. The van der Waals surface area contributed by atoms with Crippen LogP contribution in [0.5, 0.6) is 11.6 Å². The molecular weight excluding hydrogens is 432 g/mol. The maximum Gasteiger partial charge on any atom is 0.251 e. The Balaban J connectivity index is 1.73. The van der Waals surface area contributed by atoms with E-state index in [0.717, 1.165) is 12.8 Å². The molecule has 1 aliphatic heterocycles. The molecule has 0 atom stereocenters. The number of aromatic nitrogens is 1. The van der Waals surface area contributed by atoms with Gasteiger partial charge in [0.15, 0.2) is 0 Å².